The molecule has 0 spiro atoms. The number of hydrogen-bond donors (Lipinski definition) is 3. The number of rotatable bonds is 8. The first-order valence-electron chi connectivity index (χ1n) is 6.64. The smallest absolute Gasteiger partial charge is 0.341 e. The number of hydrogen-bond acceptors (Lipinski definition) is 6. The SMILES string of the molecule is C=C(CCC(CO)(CO)CO)C(=O)OC(=O)C(C)=C(C)C. The average molecular weight is 300 g/mol. The molecule has 0 heterocycles. The third kappa shape index (κ3) is 5.79. The van der Waals surface area contributed by atoms with E-state index in [1.165, 1.54) is 0 Å². The summed E-state index contributed by atoms with van der Waals surface area (Å²) in [5.74, 6) is -1.57. The van der Waals surface area contributed by atoms with E-state index in [4.69, 9.17) is 0 Å². The lowest BCUT2D eigenvalue weighted by molar-refractivity contribution is -0.154. The third-order valence-electron chi connectivity index (χ3n) is 3.49. The Hall–Kier alpha value is -1.50. The van der Waals surface area contributed by atoms with Crippen molar-refractivity contribution in [2.45, 2.75) is 33.6 Å². The van der Waals surface area contributed by atoms with E-state index < -0.39 is 37.2 Å². The average Bonchev–Trinajstić information content (AvgIpc) is 2.47. The van der Waals surface area contributed by atoms with E-state index in [1.807, 2.05) is 0 Å². The number of carbonyl (C=O) groups is 2. The van der Waals surface area contributed by atoms with Crippen molar-refractivity contribution in [3.05, 3.63) is 23.3 Å². The number of aliphatic hydroxyl groups excluding tert-OH is 3. The van der Waals surface area contributed by atoms with E-state index in [-0.39, 0.29) is 18.4 Å². The van der Waals surface area contributed by atoms with Gasteiger partial charge in [0, 0.05) is 16.6 Å². The van der Waals surface area contributed by atoms with Crippen molar-refractivity contribution in [3.63, 3.8) is 0 Å². The summed E-state index contributed by atoms with van der Waals surface area (Å²) in [5.41, 5.74) is 0.0674. The lowest BCUT2D eigenvalue weighted by Crippen LogP contribution is -2.34. The number of esters is 2. The Bertz CT molecular complexity index is 419. The fourth-order valence-corrected chi connectivity index (χ4v) is 1.34. The summed E-state index contributed by atoms with van der Waals surface area (Å²) < 4.78 is 4.68. The summed E-state index contributed by atoms with van der Waals surface area (Å²) in [6, 6.07) is 0. The van der Waals surface area contributed by atoms with Gasteiger partial charge in [0.05, 0.1) is 19.8 Å². The first kappa shape index (κ1) is 19.5. The van der Waals surface area contributed by atoms with Crippen molar-refractivity contribution >= 4 is 11.9 Å². The number of carbonyl (C=O) groups excluding carboxylic acids is 2. The minimum Gasteiger partial charge on any atom is -0.396 e. The highest BCUT2D eigenvalue weighted by molar-refractivity contribution is 6.01. The van der Waals surface area contributed by atoms with E-state index in [9.17, 15) is 24.9 Å². The normalized spacial score (nSPS) is 11.0. The maximum Gasteiger partial charge on any atom is 0.341 e. The van der Waals surface area contributed by atoms with Crippen LogP contribution in [0.3, 0.4) is 0 Å². The second-order valence-electron chi connectivity index (χ2n) is 5.38. The van der Waals surface area contributed by atoms with Gasteiger partial charge in [0.1, 0.15) is 0 Å². The fourth-order valence-electron chi connectivity index (χ4n) is 1.34. The van der Waals surface area contributed by atoms with Gasteiger partial charge in [0.25, 0.3) is 0 Å². The lowest BCUT2D eigenvalue weighted by atomic mass is 9.84. The first-order valence-corrected chi connectivity index (χ1v) is 6.64. The largest absolute Gasteiger partial charge is 0.396 e. The summed E-state index contributed by atoms with van der Waals surface area (Å²) in [7, 11) is 0. The van der Waals surface area contributed by atoms with Gasteiger partial charge >= 0.3 is 11.9 Å². The van der Waals surface area contributed by atoms with E-state index in [0.29, 0.717) is 5.57 Å². The Labute approximate surface area is 124 Å². The van der Waals surface area contributed by atoms with Crippen LogP contribution in [0.4, 0.5) is 0 Å². The molecule has 0 aliphatic rings. The summed E-state index contributed by atoms with van der Waals surface area (Å²) in [6.45, 7) is 7.29. The molecule has 0 saturated heterocycles. The molecule has 0 saturated carbocycles. The molecule has 0 aliphatic carbocycles. The van der Waals surface area contributed by atoms with Gasteiger partial charge in [0.15, 0.2) is 0 Å². The second kappa shape index (κ2) is 8.71. The maximum atomic E-state index is 11.7. The van der Waals surface area contributed by atoms with Crippen LogP contribution in [0.15, 0.2) is 23.3 Å². The predicted molar refractivity (Wildman–Crippen MR) is 77.2 cm³/mol. The zero-order valence-electron chi connectivity index (χ0n) is 12.8. The minimum absolute atomic E-state index is 0.0460. The molecular formula is C15H24O6. The molecule has 0 fully saturated rings. The van der Waals surface area contributed by atoms with Crippen LogP contribution in [-0.4, -0.2) is 47.1 Å². The van der Waals surface area contributed by atoms with Gasteiger partial charge in [-0.05, 0) is 33.6 Å². The van der Waals surface area contributed by atoms with Crippen LogP contribution in [-0.2, 0) is 14.3 Å². The fraction of sp³-hybridized carbons (Fsp3) is 0.600. The van der Waals surface area contributed by atoms with Crippen LogP contribution in [0.2, 0.25) is 0 Å². The van der Waals surface area contributed by atoms with Crippen LogP contribution in [0.5, 0.6) is 0 Å². The van der Waals surface area contributed by atoms with Gasteiger partial charge in [0.2, 0.25) is 0 Å². The quantitative estimate of drug-likeness (QED) is 0.346. The molecule has 6 heteroatoms. The van der Waals surface area contributed by atoms with E-state index in [2.05, 4.69) is 11.3 Å². The van der Waals surface area contributed by atoms with Crippen LogP contribution < -0.4 is 0 Å². The molecule has 0 bridgehead atoms. The molecule has 0 atom stereocenters. The van der Waals surface area contributed by atoms with Gasteiger partial charge in [-0.3, -0.25) is 0 Å². The minimum atomic E-state index is -1.08. The predicted octanol–water partition coefficient (Wildman–Crippen LogP) is 0.712. The molecule has 0 aromatic rings. The van der Waals surface area contributed by atoms with Crippen molar-refractivity contribution in [3.8, 4) is 0 Å². The number of allylic oxidation sites excluding steroid dienone is 1. The monoisotopic (exact) mass is 300 g/mol. The van der Waals surface area contributed by atoms with Crippen molar-refractivity contribution in [2.75, 3.05) is 19.8 Å². The van der Waals surface area contributed by atoms with E-state index in [0.717, 1.165) is 5.57 Å². The highest BCUT2D eigenvalue weighted by Crippen LogP contribution is 2.24. The van der Waals surface area contributed by atoms with E-state index in [1.54, 1.807) is 20.8 Å². The maximum absolute atomic E-state index is 11.7. The summed E-state index contributed by atoms with van der Waals surface area (Å²) in [4.78, 5) is 23.3. The molecule has 0 amide bonds. The van der Waals surface area contributed by atoms with Gasteiger partial charge in [-0.2, -0.15) is 0 Å². The molecule has 0 rings (SSSR count). The van der Waals surface area contributed by atoms with Gasteiger partial charge in [-0.25, -0.2) is 9.59 Å². The third-order valence-corrected chi connectivity index (χ3v) is 3.49. The van der Waals surface area contributed by atoms with Gasteiger partial charge < -0.3 is 20.1 Å². The summed E-state index contributed by atoms with van der Waals surface area (Å²) in [6.07, 6.45) is 0.252. The van der Waals surface area contributed by atoms with Crippen molar-refractivity contribution in [2.24, 2.45) is 5.41 Å². The zero-order valence-corrected chi connectivity index (χ0v) is 12.8. The topological polar surface area (TPSA) is 104 Å². The van der Waals surface area contributed by atoms with Crippen LogP contribution in [0.25, 0.3) is 0 Å². The van der Waals surface area contributed by atoms with Crippen molar-refractivity contribution < 1.29 is 29.6 Å². The Balaban J connectivity index is 4.58. The molecule has 0 radical (unpaired) electrons. The summed E-state index contributed by atoms with van der Waals surface area (Å²) >= 11 is 0. The molecule has 0 aliphatic heterocycles. The first-order chi connectivity index (χ1) is 9.72. The zero-order chi connectivity index (χ0) is 16.6. The molecular weight excluding hydrogens is 276 g/mol. The molecule has 3 N–H and O–H groups in total. The Morgan fingerprint density at radius 2 is 1.48 bits per heavy atom. The number of ether oxygens (including phenoxy) is 1. The molecule has 6 nitrogen and oxygen atoms in total. The van der Waals surface area contributed by atoms with Crippen molar-refractivity contribution in [1.82, 2.24) is 0 Å². The Morgan fingerprint density at radius 3 is 1.86 bits per heavy atom. The lowest BCUT2D eigenvalue weighted by Gasteiger charge is -2.27. The molecule has 0 aromatic heterocycles. The van der Waals surface area contributed by atoms with E-state index >= 15 is 0 Å². The van der Waals surface area contributed by atoms with Crippen LogP contribution in [0, 0.1) is 5.41 Å². The molecule has 0 unspecified atom stereocenters. The van der Waals surface area contributed by atoms with Crippen LogP contribution >= 0.6 is 0 Å². The number of aliphatic hydroxyl groups is 3. The van der Waals surface area contributed by atoms with Crippen molar-refractivity contribution in [1.29, 1.82) is 0 Å². The molecule has 120 valence electrons. The highest BCUT2D eigenvalue weighted by Gasteiger charge is 2.29. The highest BCUT2D eigenvalue weighted by atomic mass is 16.6. The van der Waals surface area contributed by atoms with Gasteiger partial charge in [-0.15, -0.1) is 0 Å². The summed E-state index contributed by atoms with van der Waals surface area (Å²) in [5, 5.41) is 27.5. The molecule has 21 heavy (non-hydrogen) atoms. The van der Waals surface area contributed by atoms with Gasteiger partial charge in [-0.1, -0.05) is 12.2 Å². The Morgan fingerprint density at radius 1 is 1.00 bits per heavy atom. The standard InChI is InChI=1S/C15H24O6/c1-10(2)12(4)14(20)21-13(19)11(3)5-6-15(7-16,8-17)9-18/h16-18H,3,5-9H2,1-2,4H3. The van der Waals surface area contributed by atoms with Crippen LogP contribution in [0.1, 0.15) is 33.6 Å². The molecule has 0 aromatic carbocycles. The Kier molecular flexibility index (Phi) is 8.09. The second-order valence-corrected chi connectivity index (χ2v) is 5.38.